The number of rotatable bonds is 7. The molecule has 1 aromatic carbocycles. The van der Waals surface area contributed by atoms with Crippen LogP contribution in [-0.2, 0) is 22.6 Å². The zero-order valence-electron chi connectivity index (χ0n) is 15.5. The highest BCUT2D eigenvalue weighted by Crippen LogP contribution is 2.35. The molecule has 1 aliphatic rings. The molecule has 1 saturated heterocycles. The third-order valence-corrected chi connectivity index (χ3v) is 4.41. The first kappa shape index (κ1) is 18.7. The second kappa shape index (κ2) is 8.07. The van der Waals surface area contributed by atoms with Crippen LogP contribution in [-0.4, -0.2) is 42.7 Å². The Hall–Kier alpha value is -3.10. The molecule has 9 nitrogen and oxygen atoms in total. The number of aryl methyl sites for hydroxylation is 1. The van der Waals surface area contributed by atoms with Crippen LogP contribution in [0.2, 0.25) is 0 Å². The topological polar surface area (TPSA) is 107 Å². The molecule has 2 aromatic rings. The molecule has 1 N–H and O–H groups in total. The van der Waals surface area contributed by atoms with Crippen molar-refractivity contribution < 1.29 is 23.6 Å². The lowest BCUT2D eigenvalue weighted by Crippen LogP contribution is -2.33. The van der Waals surface area contributed by atoms with Crippen LogP contribution in [0.25, 0.3) is 0 Å². The molecule has 27 heavy (non-hydrogen) atoms. The molecule has 1 atom stereocenters. The van der Waals surface area contributed by atoms with Crippen molar-refractivity contribution in [1.82, 2.24) is 15.5 Å². The van der Waals surface area contributed by atoms with E-state index in [1.807, 2.05) is 6.92 Å². The number of amides is 2. The van der Waals surface area contributed by atoms with Gasteiger partial charge < -0.3 is 24.2 Å². The maximum atomic E-state index is 12.4. The minimum atomic E-state index is -0.457. The first-order valence-corrected chi connectivity index (χ1v) is 8.67. The quantitative estimate of drug-likeness (QED) is 0.779. The number of hydrogen-bond acceptors (Lipinski definition) is 7. The van der Waals surface area contributed by atoms with Crippen molar-refractivity contribution in [3.63, 3.8) is 0 Å². The molecule has 144 valence electrons. The van der Waals surface area contributed by atoms with Gasteiger partial charge in [-0.1, -0.05) is 12.1 Å². The van der Waals surface area contributed by atoms with Crippen molar-refractivity contribution in [1.29, 1.82) is 0 Å². The molecule has 1 fully saturated rings. The van der Waals surface area contributed by atoms with Gasteiger partial charge in [-0.05, 0) is 12.1 Å². The molecule has 0 radical (unpaired) electrons. The van der Waals surface area contributed by atoms with Crippen LogP contribution in [0.1, 0.15) is 25.1 Å². The van der Waals surface area contributed by atoms with Gasteiger partial charge in [0, 0.05) is 25.5 Å². The van der Waals surface area contributed by atoms with E-state index in [2.05, 4.69) is 15.5 Å². The molecular weight excluding hydrogens is 352 g/mol. The van der Waals surface area contributed by atoms with Gasteiger partial charge in [0.15, 0.2) is 5.82 Å². The lowest BCUT2D eigenvalue weighted by atomic mass is 10.1. The molecular formula is C18H22N4O5. The lowest BCUT2D eigenvalue weighted by Gasteiger charge is -2.20. The van der Waals surface area contributed by atoms with Gasteiger partial charge in [-0.2, -0.15) is 4.98 Å². The summed E-state index contributed by atoms with van der Waals surface area (Å²) < 4.78 is 15.5. The summed E-state index contributed by atoms with van der Waals surface area (Å²) in [5.41, 5.74) is 0.615. The van der Waals surface area contributed by atoms with Crippen molar-refractivity contribution in [2.45, 2.75) is 26.3 Å². The molecule has 1 unspecified atom stereocenters. The fourth-order valence-corrected chi connectivity index (χ4v) is 2.94. The molecule has 0 bridgehead atoms. The molecule has 2 amide bonds. The fourth-order valence-electron chi connectivity index (χ4n) is 2.94. The van der Waals surface area contributed by atoms with Crippen LogP contribution in [0.4, 0.5) is 5.69 Å². The monoisotopic (exact) mass is 374 g/mol. The van der Waals surface area contributed by atoms with Crippen LogP contribution in [0.5, 0.6) is 11.5 Å². The van der Waals surface area contributed by atoms with Crippen molar-refractivity contribution in [2.75, 3.05) is 25.7 Å². The molecule has 1 aromatic heterocycles. The smallest absolute Gasteiger partial charge is 0.227 e. The minimum Gasteiger partial charge on any atom is -0.497 e. The maximum Gasteiger partial charge on any atom is 0.227 e. The number of nitrogens with one attached hydrogen (secondary N) is 1. The summed E-state index contributed by atoms with van der Waals surface area (Å²) in [5, 5.41) is 6.56. The Morgan fingerprint density at radius 2 is 2.19 bits per heavy atom. The van der Waals surface area contributed by atoms with E-state index < -0.39 is 5.92 Å². The number of aromatic nitrogens is 2. The number of ether oxygens (including phenoxy) is 2. The van der Waals surface area contributed by atoms with Gasteiger partial charge in [-0.15, -0.1) is 0 Å². The number of benzene rings is 1. The van der Waals surface area contributed by atoms with E-state index in [0.717, 1.165) is 0 Å². The molecule has 0 aliphatic carbocycles. The second-order valence-electron chi connectivity index (χ2n) is 6.12. The van der Waals surface area contributed by atoms with Gasteiger partial charge in [0.2, 0.25) is 17.7 Å². The minimum absolute atomic E-state index is 0.132. The summed E-state index contributed by atoms with van der Waals surface area (Å²) in [4.78, 5) is 30.6. The number of nitrogens with zero attached hydrogens (tertiary/aromatic N) is 3. The highest BCUT2D eigenvalue weighted by Gasteiger charge is 2.36. The highest BCUT2D eigenvalue weighted by atomic mass is 16.5. The molecule has 2 heterocycles. The average molecular weight is 374 g/mol. The van der Waals surface area contributed by atoms with Crippen molar-refractivity contribution in [3.8, 4) is 11.5 Å². The predicted octanol–water partition coefficient (Wildman–Crippen LogP) is 1.32. The van der Waals surface area contributed by atoms with Crippen LogP contribution in [0.15, 0.2) is 22.7 Å². The summed E-state index contributed by atoms with van der Waals surface area (Å²) in [6.07, 6.45) is 0.768. The van der Waals surface area contributed by atoms with E-state index in [0.29, 0.717) is 35.3 Å². The summed E-state index contributed by atoms with van der Waals surface area (Å²) in [6.45, 7) is 2.35. The van der Waals surface area contributed by atoms with Crippen molar-refractivity contribution in [2.24, 2.45) is 5.92 Å². The number of carbonyl (C=O) groups excluding carboxylic acids is 2. The number of anilines is 1. The Morgan fingerprint density at radius 3 is 2.85 bits per heavy atom. The van der Waals surface area contributed by atoms with Crippen molar-refractivity contribution >= 4 is 17.5 Å². The van der Waals surface area contributed by atoms with Gasteiger partial charge in [-0.3, -0.25) is 9.59 Å². The Labute approximate surface area is 156 Å². The van der Waals surface area contributed by atoms with Gasteiger partial charge in [0.1, 0.15) is 11.5 Å². The Kier molecular flexibility index (Phi) is 5.58. The second-order valence-corrected chi connectivity index (χ2v) is 6.12. The molecule has 0 saturated carbocycles. The average Bonchev–Trinajstić information content (AvgIpc) is 3.32. The standard InChI is InChI=1S/C18H22N4O5/c1-4-16-20-15(21-27-16)9-19-18(24)11-7-17(23)22(10-11)13-6-5-12(25-2)8-14(13)26-3/h5-6,8,11H,4,7,9-10H2,1-3H3,(H,19,24). The third-order valence-electron chi connectivity index (χ3n) is 4.41. The number of methoxy groups -OCH3 is 2. The molecule has 0 spiro atoms. The van der Waals surface area contributed by atoms with Crippen LogP contribution in [0, 0.1) is 5.92 Å². The van der Waals surface area contributed by atoms with Crippen LogP contribution < -0.4 is 19.7 Å². The van der Waals surface area contributed by atoms with Gasteiger partial charge in [0.25, 0.3) is 0 Å². The van der Waals surface area contributed by atoms with Crippen LogP contribution in [0.3, 0.4) is 0 Å². The zero-order chi connectivity index (χ0) is 19.4. The van der Waals surface area contributed by atoms with E-state index in [9.17, 15) is 9.59 Å². The summed E-state index contributed by atoms with van der Waals surface area (Å²) in [7, 11) is 3.08. The lowest BCUT2D eigenvalue weighted by molar-refractivity contribution is -0.126. The summed E-state index contributed by atoms with van der Waals surface area (Å²) in [5.74, 6) is 1.27. The number of hydrogen-bond donors (Lipinski definition) is 1. The Balaban J connectivity index is 1.65. The van der Waals surface area contributed by atoms with Crippen LogP contribution >= 0.6 is 0 Å². The third kappa shape index (κ3) is 4.02. The van der Waals surface area contributed by atoms with E-state index >= 15 is 0 Å². The summed E-state index contributed by atoms with van der Waals surface area (Å²) >= 11 is 0. The molecule has 1 aliphatic heterocycles. The van der Waals surface area contributed by atoms with E-state index in [1.165, 1.54) is 7.11 Å². The molecule has 9 heteroatoms. The summed E-state index contributed by atoms with van der Waals surface area (Å²) in [6, 6.07) is 5.21. The van der Waals surface area contributed by atoms with Gasteiger partial charge >= 0.3 is 0 Å². The van der Waals surface area contributed by atoms with E-state index in [4.69, 9.17) is 14.0 Å². The maximum absolute atomic E-state index is 12.4. The van der Waals surface area contributed by atoms with E-state index in [-0.39, 0.29) is 31.3 Å². The SMILES string of the molecule is CCc1nc(CNC(=O)C2CC(=O)N(c3ccc(OC)cc3OC)C2)no1. The zero-order valence-corrected chi connectivity index (χ0v) is 15.5. The largest absolute Gasteiger partial charge is 0.497 e. The predicted molar refractivity (Wildman–Crippen MR) is 95.5 cm³/mol. The Morgan fingerprint density at radius 1 is 1.37 bits per heavy atom. The van der Waals surface area contributed by atoms with Crippen molar-refractivity contribution in [3.05, 3.63) is 29.9 Å². The van der Waals surface area contributed by atoms with E-state index in [1.54, 1.807) is 30.2 Å². The van der Waals surface area contributed by atoms with Gasteiger partial charge in [0.05, 0.1) is 32.4 Å². The fraction of sp³-hybridized carbons (Fsp3) is 0.444. The number of carbonyl (C=O) groups is 2. The molecule has 3 rings (SSSR count). The Bertz CT molecular complexity index is 835. The normalized spacial score (nSPS) is 16.5. The van der Waals surface area contributed by atoms with Gasteiger partial charge in [-0.25, -0.2) is 0 Å². The first-order valence-electron chi connectivity index (χ1n) is 8.67. The first-order chi connectivity index (χ1) is 13.0. The highest BCUT2D eigenvalue weighted by molar-refractivity contribution is 6.01.